The summed E-state index contributed by atoms with van der Waals surface area (Å²) in [6.07, 6.45) is 14.3. The first kappa shape index (κ1) is 16.3. The van der Waals surface area contributed by atoms with Crippen molar-refractivity contribution in [1.29, 1.82) is 0 Å². The molecule has 0 aromatic carbocycles. The first-order valence-electron chi connectivity index (χ1n) is 8.26. The molecule has 0 N–H and O–H groups in total. The summed E-state index contributed by atoms with van der Waals surface area (Å²) in [5, 5.41) is 0. The zero-order valence-corrected chi connectivity index (χ0v) is 12.7. The fraction of sp³-hybridized carbons (Fsp3) is 0.938. The number of unbranched alkanes of at least 4 members (excludes halogenated alkanes) is 9. The fourth-order valence-corrected chi connectivity index (χ4v) is 2.59. The Hall–Kier alpha value is -0.730. The maximum absolute atomic E-state index is 11.4. The molecule has 0 unspecified atom stereocenters. The topological polar surface area (TPSA) is 29.5 Å². The van der Waals surface area contributed by atoms with Gasteiger partial charge in [0, 0.05) is 13.1 Å². The second-order valence-electron chi connectivity index (χ2n) is 5.64. The van der Waals surface area contributed by atoms with E-state index in [2.05, 4.69) is 6.92 Å². The average Bonchev–Trinajstić information content (AvgIpc) is 2.43. The molecular weight excluding hydrogens is 238 g/mol. The Morgan fingerprint density at radius 3 is 2.11 bits per heavy atom. The lowest BCUT2D eigenvalue weighted by Gasteiger charge is -2.26. The zero-order valence-electron chi connectivity index (χ0n) is 12.7. The molecule has 1 heterocycles. The van der Waals surface area contributed by atoms with Crippen molar-refractivity contribution < 1.29 is 9.53 Å². The van der Waals surface area contributed by atoms with Gasteiger partial charge in [0.2, 0.25) is 0 Å². The van der Waals surface area contributed by atoms with Gasteiger partial charge in [0.1, 0.15) is 0 Å². The minimum absolute atomic E-state index is 0.109. The van der Waals surface area contributed by atoms with Crippen LogP contribution in [0, 0.1) is 0 Å². The van der Waals surface area contributed by atoms with Gasteiger partial charge in [-0.3, -0.25) is 0 Å². The van der Waals surface area contributed by atoms with Gasteiger partial charge in [0.15, 0.2) is 0 Å². The second-order valence-corrected chi connectivity index (χ2v) is 5.64. The second kappa shape index (κ2) is 11.1. The molecule has 1 fully saturated rings. The van der Waals surface area contributed by atoms with Gasteiger partial charge in [0.05, 0.1) is 6.61 Å². The molecule has 0 atom stereocenters. The van der Waals surface area contributed by atoms with Crippen LogP contribution in [-0.2, 0) is 4.74 Å². The van der Waals surface area contributed by atoms with Crippen LogP contribution < -0.4 is 0 Å². The highest BCUT2D eigenvalue weighted by Crippen LogP contribution is 2.12. The number of carbonyl (C=O) groups is 1. The van der Waals surface area contributed by atoms with Gasteiger partial charge in [-0.1, -0.05) is 64.7 Å². The van der Waals surface area contributed by atoms with Gasteiger partial charge in [-0.15, -0.1) is 0 Å². The molecule has 3 nitrogen and oxygen atoms in total. The van der Waals surface area contributed by atoms with Gasteiger partial charge in [-0.2, -0.15) is 0 Å². The van der Waals surface area contributed by atoms with E-state index in [0.717, 1.165) is 25.9 Å². The van der Waals surface area contributed by atoms with Crippen LogP contribution in [0.3, 0.4) is 0 Å². The van der Waals surface area contributed by atoms with E-state index < -0.39 is 0 Å². The molecule has 0 aromatic rings. The molecule has 1 aliphatic heterocycles. The lowest BCUT2D eigenvalue weighted by Crippen LogP contribution is -2.38. The van der Waals surface area contributed by atoms with E-state index in [1.165, 1.54) is 57.8 Å². The monoisotopic (exact) mass is 269 g/mol. The van der Waals surface area contributed by atoms with Gasteiger partial charge in [-0.05, 0) is 12.8 Å². The van der Waals surface area contributed by atoms with Crippen molar-refractivity contribution in [1.82, 2.24) is 4.90 Å². The molecule has 19 heavy (non-hydrogen) atoms. The number of hydrogen-bond acceptors (Lipinski definition) is 2. The van der Waals surface area contributed by atoms with Crippen LogP contribution in [-0.4, -0.2) is 30.7 Å². The molecule has 112 valence electrons. The van der Waals surface area contributed by atoms with E-state index in [4.69, 9.17) is 4.74 Å². The normalized spacial score (nSPS) is 15.6. The SMILES string of the molecule is CCCCCCCCCCCCN1CCCOC1=O. The lowest BCUT2D eigenvalue weighted by molar-refractivity contribution is 0.0722. The van der Waals surface area contributed by atoms with E-state index in [1.54, 1.807) is 0 Å². The maximum Gasteiger partial charge on any atom is 0.409 e. The Kier molecular flexibility index (Phi) is 9.56. The molecule has 3 heteroatoms. The lowest BCUT2D eigenvalue weighted by atomic mass is 10.1. The van der Waals surface area contributed by atoms with Crippen molar-refractivity contribution in [2.45, 2.75) is 77.6 Å². The van der Waals surface area contributed by atoms with Gasteiger partial charge >= 0.3 is 6.09 Å². The number of cyclic esters (lactones) is 1. The van der Waals surface area contributed by atoms with Crippen molar-refractivity contribution in [2.24, 2.45) is 0 Å². The summed E-state index contributed by atoms with van der Waals surface area (Å²) in [6, 6.07) is 0. The Morgan fingerprint density at radius 2 is 1.53 bits per heavy atom. The van der Waals surface area contributed by atoms with Crippen LogP contribution in [0.4, 0.5) is 4.79 Å². The van der Waals surface area contributed by atoms with Crippen molar-refractivity contribution >= 4 is 6.09 Å². The molecular formula is C16H31NO2. The van der Waals surface area contributed by atoms with Crippen LogP contribution >= 0.6 is 0 Å². The summed E-state index contributed by atoms with van der Waals surface area (Å²) in [4.78, 5) is 13.2. The minimum atomic E-state index is -0.109. The fourth-order valence-electron chi connectivity index (χ4n) is 2.59. The molecule has 0 radical (unpaired) electrons. The number of rotatable bonds is 11. The molecule has 0 aromatic heterocycles. The van der Waals surface area contributed by atoms with Crippen molar-refractivity contribution in [3.05, 3.63) is 0 Å². The third-order valence-corrected chi connectivity index (χ3v) is 3.84. The smallest absolute Gasteiger partial charge is 0.409 e. The number of hydrogen-bond donors (Lipinski definition) is 0. The summed E-state index contributed by atoms with van der Waals surface area (Å²) < 4.78 is 5.02. The van der Waals surface area contributed by atoms with E-state index in [-0.39, 0.29) is 6.09 Å². The van der Waals surface area contributed by atoms with Crippen molar-refractivity contribution in [3.8, 4) is 0 Å². The summed E-state index contributed by atoms with van der Waals surface area (Å²) >= 11 is 0. The summed E-state index contributed by atoms with van der Waals surface area (Å²) in [5.41, 5.74) is 0. The van der Waals surface area contributed by atoms with E-state index >= 15 is 0 Å². The number of ether oxygens (including phenoxy) is 1. The Morgan fingerprint density at radius 1 is 0.947 bits per heavy atom. The van der Waals surface area contributed by atoms with Crippen LogP contribution in [0.25, 0.3) is 0 Å². The largest absolute Gasteiger partial charge is 0.449 e. The third kappa shape index (κ3) is 8.12. The van der Waals surface area contributed by atoms with Crippen LogP contribution in [0.2, 0.25) is 0 Å². The Bertz CT molecular complexity index is 231. The molecule has 1 saturated heterocycles. The zero-order chi connectivity index (χ0) is 13.8. The maximum atomic E-state index is 11.4. The van der Waals surface area contributed by atoms with Crippen LogP contribution in [0.1, 0.15) is 77.6 Å². The van der Waals surface area contributed by atoms with Crippen LogP contribution in [0.5, 0.6) is 0 Å². The average molecular weight is 269 g/mol. The number of nitrogens with zero attached hydrogens (tertiary/aromatic N) is 1. The van der Waals surface area contributed by atoms with E-state index in [9.17, 15) is 4.79 Å². The van der Waals surface area contributed by atoms with E-state index in [0.29, 0.717) is 6.61 Å². The first-order valence-corrected chi connectivity index (χ1v) is 8.26. The standard InChI is InChI=1S/C16H31NO2/c1-2-3-4-5-6-7-8-9-10-11-13-17-14-12-15-19-16(17)18/h2-15H2,1H3. The molecule has 0 saturated carbocycles. The molecule has 0 aliphatic carbocycles. The molecule has 1 rings (SSSR count). The first-order chi connectivity index (χ1) is 9.34. The Balaban J connectivity index is 1.82. The molecule has 1 aliphatic rings. The predicted octanol–water partition coefficient (Wildman–Crippen LogP) is 4.75. The number of amides is 1. The molecule has 1 amide bonds. The van der Waals surface area contributed by atoms with Crippen molar-refractivity contribution in [2.75, 3.05) is 19.7 Å². The highest BCUT2D eigenvalue weighted by Gasteiger charge is 2.18. The van der Waals surface area contributed by atoms with Crippen LogP contribution in [0.15, 0.2) is 0 Å². The molecule has 0 spiro atoms. The van der Waals surface area contributed by atoms with Gasteiger partial charge in [0.25, 0.3) is 0 Å². The quantitative estimate of drug-likeness (QED) is 0.507. The summed E-state index contributed by atoms with van der Waals surface area (Å²) in [6.45, 7) is 4.64. The molecule has 0 bridgehead atoms. The Labute approximate surface area is 118 Å². The van der Waals surface area contributed by atoms with E-state index in [1.807, 2.05) is 4.90 Å². The highest BCUT2D eigenvalue weighted by molar-refractivity contribution is 5.68. The number of carbonyl (C=O) groups excluding carboxylic acids is 1. The summed E-state index contributed by atoms with van der Waals surface area (Å²) in [5.74, 6) is 0. The predicted molar refractivity (Wildman–Crippen MR) is 79.4 cm³/mol. The van der Waals surface area contributed by atoms with Crippen molar-refractivity contribution in [3.63, 3.8) is 0 Å². The summed E-state index contributed by atoms with van der Waals surface area (Å²) in [7, 11) is 0. The van der Waals surface area contributed by atoms with Gasteiger partial charge in [-0.25, -0.2) is 4.79 Å². The third-order valence-electron chi connectivity index (χ3n) is 3.84. The van der Waals surface area contributed by atoms with Gasteiger partial charge < -0.3 is 9.64 Å². The highest BCUT2D eigenvalue weighted by atomic mass is 16.6. The minimum Gasteiger partial charge on any atom is -0.449 e.